The van der Waals surface area contributed by atoms with E-state index in [1.807, 2.05) is 67.6 Å². The zero-order valence-corrected chi connectivity index (χ0v) is 40.6. The number of aromatic amines is 2. The third-order valence-corrected chi connectivity index (χ3v) is 15.2. The molecule has 6 aromatic rings. The Morgan fingerprint density at radius 3 is 2.32 bits per heavy atom. The molecule has 362 valence electrons. The lowest BCUT2D eigenvalue weighted by Crippen LogP contribution is -2.51. The number of methoxy groups -OCH3 is 2. The minimum Gasteiger partial charge on any atom is -0.464 e. The van der Waals surface area contributed by atoms with Gasteiger partial charge in [0.25, 0.3) is 0 Å². The van der Waals surface area contributed by atoms with E-state index in [-0.39, 0.29) is 35.7 Å². The lowest BCUT2D eigenvalue weighted by molar-refractivity contribution is -0.138. The molecular formula is C50H57FN10O7S. The Balaban J connectivity index is 0.964. The number of ether oxygens (including phenoxy) is 3. The van der Waals surface area contributed by atoms with Crippen molar-refractivity contribution in [1.82, 2.24) is 49.5 Å². The highest BCUT2D eigenvalue weighted by atomic mass is 32.1. The second-order valence-electron chi connectivity index (χ2n) is 19.2. The summed E-state index contributed by atoms with van der Waals surface area (Å²) in [5.41, 5.74) is 4.48. The van der Waals surface area contributed by atoms with Gasteiger partial charge in [0.2, 0.25) is 18.0 Å². The first kappa shape index (κ1) is 46.0. The minimum atomic E-state index is -0.772. The number of benzene rings is 2. The van der Waals surface area contributed by atoms with Gasteiger partial charge < -0.3 is 39.3 Å². The molecule has 10 rings (SSSR count). The number of likely N-dealkylation sites (tertiary alicyclic amines) is 2. The van der Waals surface area contributed by atoms with Crippen LogP contribution in [0.1, 0.15) is 112 Å². The van der Waals surface area contributed by atoms with E-state index >= 15 is 4.39 Å². The molecule has 2 aromatic carbocycles. The average molecular weight is 961 g/mol. The second kappa shape index (κ2) is 18.3. The van der Waals surface area contributed by atoms with Gasteiger partial charge in [-0.15, -0.1) is 11.3 Å². The summed E-state index contributed by atoms with van der Waals surface area (Å²) in [6.07, 6.45) is 8.68. The molecule has 1 saturated carbocycles. The van der Waals surface area contributed by atoms with Crippen LogP contribution >= 0.6 is 11.3 Å². The lowest BCUT2D eigenvalue weighted by atomic mass is 10.0. The monoisotopic (exact) mass is 960 g/mol. The maximum Gasteiger partial charge on any atom is 0.409 e. The quantitative estimate of drug-likeness (QED) is 0.107. The van der Waals surface area contributed by atoms with Crippen molar-refractivity contribution in [3.8, 4) is 39.5 Å². The Morgan fingerprint density at radius 2 is 1.62 bits per heavy atom. The number of nitrogens with zero attached hydrogens (tertiary/aromatic N) is 7. The first-order valence-corrected chi connectivity index (χ1v) is 24.5. The summed E-state index contributed by atoms with van der Waals surface area (Å²) >= 11 is 1.62. The number of amides is 4. The molecule has 3 aliphatic heterocycles. The molecule has 5 atom stereocenters. The van der Waals surface area contributed by atoms with Crippen LogP contribution in [0, 0.1) is 17.7 Å². The minimum absolute atomic E-state index is 0.139. The molecule has 17 nitrogen and oxygen atoms in total. The number of halogens is 1. The fourth-order valence-electron chi connectivity index (χ4n) is 10.4. The van der Waals surface area contributed by atoms with Gasteiger partial charge in [-0.2, -0.15) is 0 Å². The van der Waals surface area contributed by atoms with Gasteiger partial charge in [-0.1, -0.05) is 33.8 Å². The third-order valence-electron chi connectivity index (χ3n) is 14.0. The molecule has 0 spiro atoms. The summed E-state index contributed by atoms with van der Waals surface area (Å²) in [6.45, 7) is 8.63. The van der Waals surface area contributed by atoms with Crippen molar-refractivity contribution >= 4 is 46.2 Å². The Morgan fingerprint density at radius 1 is 0.884 bits per heavy atom. The highest BCUT2D eigenvalue weighted by Gasteiger charge is 2.41. The predicted octanol–water partition coefficient (Wildman–Crippen LogP) is 8.93. The number of alkyl carbamates (subject to hydrolysis) is 1. The Bertz CT molecular complexity index is 2950. The van der Waals surface area contributed by atoms with Crippen molar-refractivity contribution in [2.45, 2.75) is 103 Å². The summed E-state index contributed by atoms with van der Waals surface area (Å²) in [4.78, 5) is 79.6. The van der Waals surface area contributed by atoms with Crippen molar-refractivity contribution in [2.24, 2.45) is 11.8 Å². The van der Waals surface area contributed by atoms with E-state index in [2.05, 4.69) is 21.4 Å². The van der Waals surface area contributed by atoms with Crippen molar-refractivity contribution < 1.29 is 37.8 Å². The molecule has 3 fully saturated rings. The number of carbonyl (C=O) groups is 4. The van der Waals surface area contributed by atoms with Crippen molar-refractivity contribution in [3.05, 3.63) is 82.3 Å². The molecule has 69 heavy (non-hydrogen) atoms. The number of nitrogens with one attached hydrogen (secondary N) is 3. The average Bonchev–Trinajstić information content (AvgIpc) is 4.06. The molecule has 0 radical (unpaired) electrons. The maximum atomic E-state index is 16.9. The molecule has 4 amide bonds. The highest BCUT2D eigenvalue weighted by molar-refractivity contribution is 7.11. The summed E-state index contributed by atoms with van der Waals surface area (Å²) in [5.74, 6) is 0.895. The van der Waals surface area contributed by atoms with Crippen LogP contribution in [0.25, 0.3) is 44.7 Å². The highest BCUT2D eigenvalue weighted by Crippen LogP contribution is 2.50. The van der Waals surface area contributed by atoms with Gasteiger partial charge in [0.05, 0.1) is 70.5 Å². The van der Waals surface area contributed by atoms with Crippen LogP contribution < -0.4 is 10.1 Å². The van der Waals surface area contributed by atoms with Crippen LogP contribution in [-0.4, -0.2) is 115 Å². The van der Waals surface area contributed by atoms with Gasteiger partial charge in [0.15, 0.2) is 0 Å². The Labute approximate surface area is 402 Å². The standard InChI is InChI=1S/C50H57FN10O7S/c1-25(2)41(57-49(64)66-6)46(62)59-16-8-10-35(59)43-53-23-33(56-43)29-19-31(51)40-37-20-30-18-28(14-15-34(30)61(37)48(68-38(40)21-29)39-24-54-45(69-39)27-12-13-27)32-22-52-44(55-32)36-11-9-17-60(36)47(63)42(26(3)4)58(5)50(65)67-7/h14-15,18-27,35-36,41-42,48H,8-13,16-17H2,1-7H3,(H,52,55)(H,53,56)(H,57,64)/t35-,36-,41-,42-,48?/m0/s1. The van der Waals surface area contributed by atoms with Gasteiger partial charge in [-0.25, -0.2) is 28.9 Å². The van der Waals surface area contributed by atoms with Gasteiger partial charge >= 0.3 is 12.2 Å². The number of thiazole rings is 1. The summed E-state index contributed by atoms with van der Waals surface area (Å²) < 4.78 is 35.6. The first-order chi connectivity index (χ1) is 33.2. The molecule has 2 saturated heterocycles. The van der Waals surface area contributed by atoms with Crippen LogP contribution in [0.5, 0.6) is 5.75 Å². The smallest absolute Gasteiger partial charge is 0.409 e. The fraction of sp³-hybridized carbons (Fsp3) is 0.460. The van der Waals surface area contributed by atoms with E-state index in [4.69, 9.17) is 29.2 Å². The Hall–Kier alpha value is -6.76. The van der Waals surface area contributed by atoms with Crippen molar-refractivity contribution in [1.29, 1.82) is 0 Å². The predicted molar refractivity (Wildman–Crippen MR) is 256 cm³/mol. The molecule has 1 aliphatic carbocycles. The third kappa shape index (κ3) is 8.37. The number of fused-ring (bicyclic) bond motifs is 5. The van der Waals surface area contributed by atoms with E-state index in [9.17, 15) is 19.2 Å². The number of likely N-dealkylation sites (N-methyl/N-ethyl adjacent to an activating group) is 1. The number of imidazole rings is 2. The van der Waals surface area contributed by atoms with Crippen LogP contribution in [-0.2, 0) is 19.1 Å². The summed E-state index contributed by atoms with van der Waals surface area (Å²) in [5, 5.41) is 4.62. The number of hydrogen-bond donors (Lipinski definition) is 3. The number of carbonyl (C=O) groups excluding carboxylic acids is 4. The molecule has 4 aliphatic rings. The topological polar surface area (TPSA) is 193 Å². The zero-order valence-electron chi connectivity index (χ0n) is 39.7. The van der Waals surface area contributed by atoms with E-state index in [0.29, 0.717) is 65.3 Å². The van der Waals surface area contributed by atoms with Gasteiger partial charge in [0.1, 0.15) is 35.3 Å². The summed E-state index contributed by atoms with van der Waals surface area (Å²) in [6, 6.07) is 9.26. The SMILES string of the molecule is COC(=O)N[C@H](C(=O)N1CCC[C@H]1c1nc(-c2cc(F)c3c(c2)OC(c2cnc(C4CC4)s2)n2c-3cc3cc(-c4cnc([C@@H]5CCCN5C(=O)[C@H](C(C)C)N(C)C(=O)OC)[nH]4)ccc32)c[nH]1)C(C)C. The van der Waals surface area contributed by atoms with Crippen LogP contribution in [0.15, 0.2) is 55.0 Å². The molecular weight excluding hydrogens is 904 g/mol. The van der Waals surface area contributed by atoms with Crippen LogP contribution in [0.3, 0.4) is 0 Å². The Kier molecular flexibility index (Phi) is 12.2. The molecule has 0 bridgehead atoms. The van der Waals surface area contributed by atoms with Crippen LogP contribution in [0.2, 0.25) is 0 Å². The number of aromatic nitrogens is 6. The van der Waals surface area contributed by atoms with Crippen molar-refractivity contribution in [2.75, 3.05) is 34.4 Å². The largest absolute Gasteiger partial charge is 0.464 e. The zero-order chi connectivity index (χ0) is 48.4. The maximum absolute atomic E-state index is 16.9. The van der Waals surface area contributed by atoms with E-state index in [1.54, 1.807) is 35.7 Å². The van der Waals surface area contributed by atoms with Crippen molar-refractivity contribution in [3.63, 3.8) is 0 Å². The van der Waals surface area contributed by atoms with Gasteiger partial charge in [0, 0.05) is 55.0 Å². The number of hydrogen-bond acceptors (Lipinski definition) is 11. The molecule has 1 unspecified atom stereocenters. The van der Waals surface area contributed by atoms with Gasteiger partial charge in [-0.3, -0.25) is 19.1 Å². The van der Waals surface area contributed by atoms with E-state index in [0.717, 1.165) is 64.1 Å². The first-order valence-electron chi connectivity index (χ1n) is 23.7. The van der Waals surface area contributed by atoms with Crippen LogP contribution in [0.4, 0.5) is 14.0 Å². The van der Waals surface area contributed by atoms with E-state index in [1.165, 1.54) is 25.2 Å². The molecule has 4 aromatic heterocycles. The molecule has 7 heterocycles. The fourth-order valence-corrected chi connectivity index (χ4v) is 11.5. The van der Waals surface area contributed by atoms with Gasteiger partial charge in [-0.05, 0) is 80.7 Å². The van der Waals surface area contributed by atoms with E-state index < -0.39 is 36.3 Å². The second-order valence-corrected chi connectivity index (χ2v) is 20.3. The normalized spacial score (nSPS) is 19.7. The molecule has 19 heteroatoms. The molecule has 3 N–H and O–H groups in total. The number of rotatable bonds is 12. The number of H-pyrrole nitrogens is 2. The lowest BCUT2D eigenvalue weighted by Gasteiger charge is -2.34. The summed E-state index contributed by atoms with van der Waals surface area (Å²) in [7, 11) is 4.17.